The summed E-state index contributed by atoms with van der Waals surface area (Å²) in [5.41, 5.74) is 2.67. The maximum absolute atomic E-state index is 12.6. The lowest BCUT2D eigenvalue weighted by atomic mass is 10.1. The fraction of sp³-hybridized carbons (Fsp3) is 0.222. The van der Waals surface area contributed by atoms with Crippen LogP contribution in [0.25, 0.3) is 5.65 Å². The fourth-order valence-corrected chi connectivity index (χ4v) is 3.17. The van der Waals surface area contributed by atoms with E-state index in [4.69, 9.17) is 27.9 Å². The maximum atomic E-state index is 12.6. The number of carbonyl (C=O) groups excluding carboxylic acids is 1. The Hall–Kier alpha value is -2.24. The number of imidazole rings is 1. The van der Waals surface area contributed by atoms with Gasteiger partial charge in [-0.3, -0.25) is 9.20 Å². The fourth-order valence-electron chi connectivity index (χ4n) is 2.66. The lowest BCUT2D eigenvalue weighted by Gasteiger charge is -2.07. The second-order valence-corrected chi connectivity index (χ2v) is 6.44. The average molecular weight is 378 g/mol. The van der Waals surface area contributed by atoms with Gasteiger partial charge in [-0.25, -0.2) is 4.98 Å². The largest absolute Gasteiger partial charge is 0.497 e. The third-order valence-corrected chi connectivity index (χ3v) is 4.37. The molecule has 1 N–H and O–H groups in total. The lowest BCUT2D eigenvalue weighted by molar-refractivity contribution is 0.0947. The van der Waals surface area contributed by atoms with Crippen molar-refractivity contribution in [3.05, 3.63) is 63.5 Å². The van der Waals surface area contributed by atoms with E-state index in [1.807, 2.05) is 24.3 Å². The van der Waals surface area contributed by atoms with E-state index < -0.39 is 0 Å². The van der Waals surface area contributed by atoms with E-state index in [2.05, 4.69) is 10.3 Å². The van der Waals surface area contributed by atoms with Crippen molar-refractivity contribution in [3.8, 4) is 5.75 Å². The van der Waals surface area contributed by atoms with E-state index in [0.29, 0.717) is 40.0 Å². The molecule has 25 heavy (non-hydrogen) atoms. The summed E-state index contributed by atoms with van der Waals surface area (Å²) in [4.78, 5) is 16.9. The molecule has 0 spiro atoms. The molecule has 0 unspecified atom stereocenters. The highest BCUT2D eigenvalue weighted by Crippen LogP contribution is 2.24. The second kappa shape index (κ2) is 7.33. The molecule has 0 aliphatic carbocycles. The van der Waals surface area contributed by atoms with Crippen LogP contribution in [-0.4, -0.2) is 28.9 Å². The Kier molecular flexibility index (Phi) is 5.16. The molecule has 0 radical (unpaired) electrons. The number of hydrogen-bond donors (Lipinski definition) is 1. The van der Waals surface area contributed by atoms with Crippen molar-refractivity contribution in [3.63, 3.8) is 0 Å². The highest BCUT2D eigenvalue weighted by atomic mass is 35.5. The summed E-state index contributed by atoms with van der Waals surface area (Å²) < 4.78 is 6.76. The molecule has 0 saturated heterocycles. The standard InChI is InChI=1S/C18H17Cl2N3O2/c1-11-16(23-10-13(19)9-15(20)17(23)22-11)18(24)21-8-7-12-3-5-14(25-2)6-4-12/h3-6,9-10H,7-8H2,1-2H3,(H,21,24). The maximum Gasteiger partial charge on any atom is 0.270 e. The zero-order valence-corrected chi connectivity index (χ0v) is 15.4. The third-order valence-electron chi connectivity index (χ3n) is 3.89. The van der Waals surface area contributed by atoms with Crippen LogP contribution in [-0.2, 0) is 6.42 Å². The number of ether oxygens (including phenoxy) is 1. The molecule has 0 aliphatic heterocycles. The Labute approximate surface area is 155 Å². The number of rotatable bonds is 5. The monoisotopic (exact) mass is 377 g/mol. The first-order valence-electron chi connectivity index (χ1n) is 7.74. The zero-order chi connectivity index (χ0) is 18.0. The number of fused-ring (bicyclic) bond motifs is 1. The molecule has 0 saturated carbocycles. The first-order valence-corrected chi connectivity index (χ1v) is 8.50. The minimum absolute atomic E-state index is 0.211. The molecule has 2 aromatic heterocycles. The summed E-state index contributed by atoms with van der Waals surface area (Å²) >= 11 is 12.2. The molecule has 0 fully saturated rings. The lowest BCUT2D eigenvalue weighted by Crippen LogP contribution is -2.27. The highest BCUT2D eigenvalue weighted by Gasteiger charge is 2.18. The molecular formula is C18H17Cl2N3O2. The van der Waals surface area contributed by atoms with Crippen molar-refractivity contribution < 1.29 is 9.53 Å². The quantitative estimate of drug-likeness (QED) is 0.732. The van der Waals surface area contributed by atoms with Gasteiger partial charge in [0.1, 0.15) is 11.4 Å². The van der Waals surface area contributed by atoms with Crippen LogP contribution in [0.1, 0.15) is 21.7 Å². The second-order valence-electron chi connectivity index (χ2n) is 5.60. The topological polar surface area (TPSA) is 55.6 Å². The molecule has 0 bridgehead atoms. The van der Waals surface area contributed by atoms with Crippen molar-refractivity contribution in [2.24, 2.45) is 0 Å². The number of aromatic nitrogens is 2. The van der Waals surface area contributed by atoms with Gasteiger partial charge in [-0.05, 0) is 37.1 Å². The van der Waals surface area contributed by atoms with Crippen molar-refractivity contribution in [1.29, 1.82) is 0 Å². The molecule has 3 rings (SSSR count). The molecule has 1 amide bonds. The number of nitrogens with zero attached hydrogens (tertiary/aromatic N) is 2. The van der Waals surface area contributed by atoms with Crippen molar-refractivity contribution in [2.75, 3.05) is 13.7 Å². The average Bonchev–Trinajstić information content (AvgIpc) is 2.92. The number of carbonyl (C=O) groups is 1. The number of aryl methyl sites for hydroxylation is 1. The molecule has 5 nitrogen and oxygen atoms in total. The number of halogens is 2. The van der Waals surface area contributed by atoms with Gasteiger partial charge in [0, 0.05) is 12.7 Å². The van der Waals surface area contributed by atoms with Crippen LogP contribution in [0, 0.1) is 6.92 Å². The van der Waals surface area contributed by atoms with Gasteiger partial charge >= 0.3 is 0 Å². The van der Waals surface area contributed by atoms with Gasteiger partial charge in [0.25, 0.3) is 5.91 Å². The number of benzene rings is 1. The minimum atomic E-state index is -0.211. The predicted octanol–water partition coefficient (Wildman–Crippen LogP) is 3.93. The Bertz CT molecular complexity index is 920. The summed E-state index contributed by atoms with van der Waals surface area (Å²) in [5.74, 6) is 0.597. The predicted molar refractivity (Wildman–Crippen MR) is 99.0 cm³/mol. The van der Waals surface area contributed by atoms with Crippen LogP contribution in [0.5, 0.6) is 5.75 Å². The highest BCUT2D eigenvalue weighted by molar-refractivity contribution is 6.36. The summed E-state index contributed by atoms with van der Waals surface area (Å²) in [5, 5.41) is 3.77. The zero-order valence-electron chi connectivity index (χ0n) is 13.8. The van der Waals surface area contributed by atoms with Gasteiger partial charge in [0.2, 0.25) is 0 Å². The Morgan fingerprint density at radius 2 is 2.00 bits per heavy atom. The SMILES string of the molecule is COc1ccc(CCNC(=O)c2c(C)nc3c(Cl)cc(Cl)cn23)cc1. The number of pyridine rings is 1. The van der Waals surface area contributed by atoms with E-state index in [1.54, 1.807) is 30.7 Å². The van der Waals surface area contributed by atoms with Crippen LogP contribution in [0.15, 0.2) is 36.5 Å². The van der Waals surface area contributed by atoms with Crippen molar-refractivity contribution in [1.82, 2.24) is 14.7 Å². The van der Waals surface area contributed by atoms with Crippen molar-refractivity contribution in [2.45, 2.75) is 13.3 Å². The first-order chi connectivity index (χ1) is 12.0. The van der Waals surface area contributed by atoms with Crippen LogP contribution in [0.3, 0.4) is 0 Å². The third kappa shape index (κ3) is 3.72. The Balaban J connectivity index is 1.73. The number of amides is 1. The number of methoxy groups -OCH3 is 1. The molecule has 1 aromatic carbocycles. The van der Waals surface area contributed by atoms with E-state index >= 15 is 0 Å². The van der Waals surface area contributed by atoms with Crippen LogP contribution in [0.2, 0.25) is 10.0 Å². The molecule has 0 aliphatic rings. The molecule has 0 atom stereocenters. The molecule has 7 heteroatoms. The van der Waals surface area contributed by atoms with Gasteiger partial charge < -0.3 is 10.1 Å². The van der Waals surface area contributed by atoms with E-state index in [0.717, 1.165) is 11.3 Å². The Morgan fingerprint density at radius 3 is 2.68 bits per heavy atom. The van der Waals surface area contributed by atoms with Crippen LogP contribution >= 0.6 is 23.2 Å². The summed E-state index contributed by atoms with van der Waals surface area (Å²) in [6.45, 7) is 2.28. The van der Waals surface area contributed by atoms with Gasteiger partial charge in [-0.2, -0.15) is 0 Å². The molecule has 3 aromatic rings. The van der Waals surface area contributed by atoms with E-state index in [1.165, 1.54) is 0 Å². The molecule has 2 heterocycles. The van der Waals surface area contributed by atoms with Crippen molar-refractivity contribution >= 4 is 34.8 Å². The van der Waals surface area contributed by atoms with Gasteiger partial charge in [-0.1, -0.05) is 35.3 Å². The van der Waals surface area contributed by atoms with E-state index in [9.17, 15) is 4.79 Å². The first kappa shape index (κ1) is 17.6. The minimum Gasteiger partial charge on any atom is -0.497 e. The van der Waals surface area contributed by atoms with Gasteiger partial charge in [-0.15, -0.1) is 0 Å². The smallest absolute Gasteiger partial charge is 0.270 e. The Morgan fingerprint density at radius 1 is 1.28 bits per heavy atom. The summed E-state index contributed by atoms with van der Waals surface area (Å²) in [7, 11) is 1.63. The van der Waals surface area contributed by atoms with Crippen LogP contribution < -0.4 is 10.1 Å². The summed E-state index contributed by atoms with van der Waals surface area (Å²) in [6.07, 6.45) is 2.36. The van der Waals surface area contributed by atoms with Gasteiger partial charge in [0.15, 0.2) is 5.65 Å². The van der Waals surface area contributed by atoms with E-state index in [-0.39, 0.29) is 5.91 Å². The number of hydrogen-bond acceptors (Lipinski definition) is 3. The normalized spacial score (nSPS) is 10.9. The molecule has 130 valence electrons. The van der Waals surface area contributed by atoms with Crippen LogP contribution in [0.4, 0.5) is 0 Å². The van der Waals surface area contributed by atoms with Gasteiger partial charge in [0.05, 0.1) is 22.8 Å². The summed E-state index contributed by atoms with van der Waals surface area (Å²) in [6, 6.07) is 9.36. The molecular weight excluding hydrogens is 361 g/mol. The number of nitrogens with one attached hydrogen (secondary N) is 1.